The molecule has 0 spiro atoms. The largest absolute Gasteiger partial charge is 0.335 e. The Morgan fingerprint density at radius 2 is 1.90 bits per heavy atom. The summed E-state index contributed by atoms with van der Waals surface area (Å²) < 4.78 is 0. The predicted octanol–water partition coefficient (Wildman–Crippen LogP) is 2.79. The van der Waals surface area contributed by atoms with Crippen LogP contribution in [0.5, 0.6) is 0 Å². The number of halogens is 1. The number of urea groups is 1. The molecule has 1 aliphatic heterocycles. The van der Waals surface area contributed by atoms with Crippen molar-refractivity contribution in [1.29, 1.82) is 0 Å². The summed E-state index contributed by atoms with van der Waals surface area (Å²) in [6, 6.07) is 7.70. The number of nitrogens with zero attached hydrogens (tertiary/aromatic N) is 1. The molecule has 0 radical (unpaired) electrons. The van der Waals surface area contributed by atoms with Crippen LogP contribution >= 0.6 is 11.6 Å². The number of amides is 2. The van der Waals surface area contributed by atoms with Gasteiger partial charge in [0.25, 0.3) is 0 Å². The molecule has 5 heteroatoms. The van der Waals surface area contributed by atoms with Gasteiger partial charge in [0, 0.05) is 11.1 Å². The molecular formula is C15H22ClN3O. The molecule has 1 aromatic carbocycles. The van der Waals surface area contributed by atoms with Crippen LogP contribution in [0.25, 0.3) is 0 Å². The van der Waals surface area contributed by atoms with E-state index in [-0.39, 0.29) is 18.1 Å². The highest BCUT2D eigenvalue weighted by atomic mass is 35.5. The molecule has 110 valence electrons. The van der Waals surface area contributed by atoms with Gasteiger partial charge in [0.1, 0.15) is 0 Å². The van der Waals surface area contributed by atoms with Crippen LogP contribution in [0.2, 0.25) is 5.02 Å². The van der Waals surface area contributed by atoms with Crippen molar-refractivity contribution in [2.75, 3.05) is 20.1 Å². The molecule has 1 fully saturated rings. The first-order valence-electron chi connectivity index (χ1n) is 7.05. The zero-order valence-corrected chi connectivity index (χ0v) is 12.8. The van der Waals surface area contributed by atoms with Gasteiger partial charge in [0.15, 0.2) is 0 Å². The number of rotatable bonds is 3. The average molecular weight is 296 g/mol. The van der Waals surface area contributed by atoms with Gasteiger partial charge in [0.05, 0.1) is 6.04 Å². The van der Waals surface area contributed by atoms with E-state index in [1.807, 2.05) is 31.2 Å². The first kappa shape index (κ1) is 15.1. The van der Waals surface area contributed by atoms with Crippen molar-refractivity contribution in [3.05, 3.63) is 34.9 Å². The third kappa shape index (κ3) is 4.39. The minimum absolute atomic E-state index is 0.0291. The van der Waals surface area contributed by atoms with Crippen molar-refractivity contribution in [2.24, 2.45) is 0 Å². The van der Waals surface area contributed by atoms with Crippen LogP contribution < -0.4 is 10.6 Å². The van der Waals surface area contributed by atoms with Gasteiger partial charge in [-0.2, -0.15) is 0 Å². The van der Waals surface area contributed by atoms with Gasteiger partial charge in [-0.15, -0.1) is 0 Å². The molecule has 0 bridgehead atoms. The molecule has 20 heavy (non-hydrogen) atoms. The summed E-state index contributed by atoms with van der Waals surface area (Å²) in [6.07, 6.45) is 2.03. The molecule has 1 unspecified atom stereocenters. The van der Waals surface area contributed by atoms with E-state index in [4.69, 9.17) is 11.6 Å². The van der Waals surface area contributed by atoms with Crippen molar-refractivity contribution >= 4 is 17.6 Å². The SMILES string of the molecule is CC(NC(=O)NC1CCN(C)CC1)c1ccc(Cl)cc1. The Morgan fingerprint density at radius 1 is 1.30 bits per heavy atom. The molecule has 1 aliphatic rings. The highest BCUT2D eigenvalue weighted by Crippen LogP contribution is 2.16. The number of hydrogen-bond acceptors (Lipinski definition) is 2. The molecule has 1 heterocycles. The minimum Gasteiger partial charge on any atom is -0.335 e. The molecule has 1 atom stereocenters. The van der Waals surface area contributed by atoms with Crippen LogP contribution in [0.4, 0.5) is 4.79 Å². The zero-order chi connectivity index (χ0) is 14.5. The fourth-order valence-electron chi connectivity index (χ4n) is 2.41. The smallest absolute Gasteiger partial charge is 0.315 e. The monoisotopic (exact) mass is 295 g/mol. The van der Waals surface area contributed by atoms with Gasteiger partial charge in [-0.05, 0) is 57.6 Å². The van der Waals surface area contributed by atoms with Crippen molar-refractivity contribution < 1.29 is 4.79 Å². The first-order chi connectivity index (χ1) is 9.54. The Hall–Kier alpha value is -1.26. The number of hydrogen-bond donors (Lipinski definition) is 2. The quantitative estimate of drug-likeness (QED) is 0.900. The van der Waals surface area contributed by atoms with Crippen LogP contribution in [0.1, 0.15) is 31.4 Å². The fraction of sp³-hybridized carbons (Fsp3) is 0.533. The summed E-state index contributed by atoms with van der Waals surface area (Å²) in [4.78, 5) is 14.3. The van der Waals surface area contributed by atoms with Crippen LogP contribution in [-0.2, 0) is 0 Å². The normalized spacial score (nSPS) is 18.6. The standard InChI is InChI=1S/C15H22ClN3O/c1-11(12-3-5-13(16)6-4-12)17-15(20)18-14-7-9-19(2)10-8-14/h3-6,11,14H,7-10H2,1-2H3,(H2,17,18,20). The molecule has 2 rings (SSSR count). The highest BCUT2D eigenvalue weighted by molar-refractivity contribution is 6.30. The summed E-state index contributed by atoms with van der Waals surface area (Å²) in [5.74, 6) is 0. The number of benzene rings is 1. The Bertz CT molecular complexity index is 441. The number of carbonyl (C=O) groups is 1. The minimum atomic E-state index is -0.0954. The van der Waals surface area contributed by atoms with Crippen molar-refractivity contribution in [3.63, 3.8) is 0 Å². The summed E-state index contributed by atoms with van der Waals surface area (Å²) in [6.45, 7) is 4.05. The van der Waals surface area contributed by atoms with E-state index in [9.17, 15) is 4.79 Å². The van der Waals surface area contributed by atoms with Crippen LogP contribution in [0.15, 0.2) is 24.3 Å². The van der Waals surface area contributed by atoms with Crippen LogP contribution in [0, 0.1) is 0 Å². The van der Waals surface area contributed by atoms with Crippen LogP contribution in [-0.4, -0.2) is 37.1 Å². The molecule has 2 amide bonds. The maximum Gasteiger partial charge on any atom is 0.315 e. The van der Waals surface area contributed by atoms with E-state index >= 15 is 0 Å². The molecule has 0 saturated carbocycles. The van der Waals surface area contributed by atoms with Gasteiger partial charge >= 0.3 is 6.03 Å². The number of likely N-dealkylation sites (tertiary alicyclic amines) is 1. The molecule has 0 aromatic heterocycles. The van der Waals surface area contributed by atoms with E-state index in [1.165, 1.54) is 0 Å². The lowest BCUT2D eigenvalue weighted by molar-refractivity contribution is 0.212. The third-order valence-electron chi connectivity index (χ3n) is 3.77. The van der Waals surface area contributed by atoms with Crippen molar-refractivity contribution in [1.82, 2.24) is 15.5 Å². The molecule has 4 nitrogen and oxygen atoms in total. The second-order valence-corrected chi connectivity index (χ2v) is 5.91. The van der Waals surface area contributed by atoms with Gasteiger partial charge in [-0.1, -0.05) is 23.7 Å². The van der Waals surface area contributed by atoms with Gasteiger partial charge < -0.3 is 15.5 Å². The van der Waals surface area contributed by atoms with E-state index in [0.717, 1.165) is 31.5 Å². The van der Waals surface area contributed by atoms with Crippen LogP contribution in [0.3, 0.4) is 0 Å². The van der Waals surface area contributed by atoms with Crippen molar-refractivity contribution in [3.8, 4) is 0 Å². The topological polar surface area (TPSA) is 44.4 Å². The highest BCUT2D eigenvalue weighted by Gasteiger charge is 2.19. The summed E-state index contributed by atoms with van der Waals surface area (Å²) in [5, 5.41) is 6.72. The lowest BCUT2D eigenvalue weighted by Gasteiger charge is -2.29. The lowest BCUT2D eigenvalue weighted by Crippen LogP contribution is -2.47. The third-order valence-corrected chi connectivity index (χ3v) is 4.02. The second-order valence-electron chi connectivity index (χ2n) is 5.47. The molecule has 2 N–H and O–H groups in total. The summed E-state index contributed by atoms with van der Waals surface area (Å²) in [7, 11) is 2.11. The molecule has 0 aliphatic carbocycles. The fourth-order valence-corrected chi connectivity index (χ4v) is 2.54. The van der Waals surface area contributed by atoms with E-state index in [0.29, 0.717) is 5.02 Å². The Kier molecular flexibility index (Phi) is 5.26. The summed E-state index contributed by atoms with van der Waals surface area (Å²) in [5.41, 5.74) is 1.05. The number of nitrogens with one attached hydrogen (secondary N) is 2. The lowest BCUT2D eigenvalue weighted by atomic mass is 10.1. The first-order valence-corrected chi connectivity index (χ1v) is 7.43. The Morgan fingerprint density at radius 3 is 2.50 bits per heavy atom. The average Bonchev–Trinajstić information content (AvgIpc) is 2.42. The summed E-state index contributed by atoms with van der Waals surface area (Å²) >= 11 is 5.86. The zero-order valence-electron chi connectivity index (χ0n) is 12.0. The second kappa shape index (κ2) is 6.95. The van der Waals surface area contributed by atoms with Gasteiger partial charge in [-0.25, -0.2) is 4.79 Å². The Balaban J connectivity index is 1.80. The predicted molar refractivity (Wildman–Crippen MR) is 82.1 cm³/mol. The molecular weight excluding hydrogens is 274 g/mol. The molecule has 1 aromatic rings. The van der Waals surface area contributed by atoms with Crippen molar-refractivity contribution in [2.45, 2.75) is 31.8 Å². The maximum absolute atomic E-state index is 12.0. The van der Waals surface area contributed by atoms with Gasteiger partial charge in [0.2, 0.25) is 0 Å². The number of carbonyl (C=O) groups excluding carboxylic acids is 1. The maximum atomic E-state index is 12.0. The van der Waals surface area contributed by atoms with Gasteiger partial charge in [-0.3, -0.25) is 0 Å². The number of piperidine rings is 1. The van der Waals surface area contributed by atoms with E-state index in [2.05, 4.69) is 22.6 Å². The molecule has 1 saturated heterocycles. The Labute approximate surface area is 125 Å². The van der Waals surface area contributed by atoms with E-state index in [1.54, 1.807) is 0 Å². The van der Waals surface area contributed by atoms with E-state index < -0.39 is 0 Å².